The topological polar surface area (TPSA) is 51.2 Å². The van der Waals surface area contributed by atoms with Gasteiger partial charge in [0, 0.05) is 18.3 Å². The van der Waals surface area contributed by atoms with Gasteiger partial charge in [-0.3, -0.25) is 4.79 Å². The molecule has 1 aromatic carbocycles. The Hall–Kier alpha value is -2.36. The van der Waals surface area contributed by atoms with Crippen LogP contribution in [-0.2, 0) is 0 Å². The SMILES string of the molecule is CCCNc1ncccc1C(=O)c1cccc(OCC)c1. The van der Waals surface area contributed by atoms with Gasteiger partial charge in [0.2, 0.25) is 0 Å². The van der Waals surface area contributed by atoms with E-state index >= 15 is 0 Å². The monoisotopic (exact) mass is 284 g/mol. The summed E-state index contributed by atoms with van der Waals surface area (Å²) in [6.45, 7) is 5.36. The minimum atomic E-state index is -0.0525. The summed E-state index contributed by atoms with van der Waals surface area (Å²) in [5, 5.41) is 3.19. The van der Waals surface area contributed by atoms with E-state index in [1.54, 1.807) is 30.5 Å². The van der Waals surface area contributed by atoms with Gasteiger partial charge in [0.15, 0.2) is 5.78 Å². The van der Waals surface area contributed by atoms with Crippen LogP contribution in [0.25, 0.3) is 0 Å². The second kappa shape index (κ2) is 7.43. The highest BCUT2D eigenvalue weighted by atomic mass is 16.5. The first-order chi connectivity index (χ1) is 10.3. The van der Waals surface area contributed by atoms with Gasteiger partial charge in [-0.1, -0.05) is 19.1 Å². The number of anilines is 1. The predicted octanol–water partition coefficient (Wildman–Crippen LogP) is 3.53. The second-order valence-corrected chi connectivity index (χ2v) is 4.62. The number of hydrogen-bond donors (Lipinski definition) is 1. The first-order valence-electron chi connectivity index (χ1n) is 7.22. The van der Waals surface area contributed by atoms with Crippen LogP contribution in [0.15, 0.2) is 42.6 Å². The minimum Gasteiger partial charge on any atom is -0.494 e. The molecule has 0 aliphatic heterocycles. The summed E-state index contributed by atoms with van der Waals surface area (Å²) in [6.07, 6.45) is 2.66. The quantitative estimate of drug-likeness (QED) is 0.790. The average molecular weight is 284 g/mol. The third-order valence-corrected chi connectivity index (χ3v) is 3.00. The first kappa shape index (κ1) is 15.0. The molecular formula is C17H20N2O2. The number of ether oxygens (including phenoxy) is 1. The number of nitrogens with zero attached hydrogens (tertiary/aromatic N) is 1. The van der Waals surface area contributed by atoms with E-state index in [2.05, 4.69) is 17.2 Å². The van der Waals surface area contributed by atoms with E-state index in [1.165, 1.54) is 0 Å². The minimum absolute atomic E-state index is 0.0525. The fourth-order valence-corrected chi connectivity index (χ4v) is 2.02. The van der Waals surface area contributed by atoms with Crippen LogP contribution in [0.2, 0.25) is 0 Å². The molecule has 0 spiro atoms. The van der Waals surface area contributed by atoms with Gasteiger partial charge in [-0.05, 0) is 37.6 Å². The second-order valence-electron chi connectivity index (χ2n) is 4.62. The van der Waals surface area contributed by atoms with Crippen molar-refractivity contribution in [3.8, 4) is 5.75 Å². The molecule has 1 aromatic heterocycles. The summed E-state index contributed by atoms with van der Waals surface area (Å²) in [5.74, 6) is 1.28. The largest absolute Gasteiger partial charge is 0.494 e. The van der Waals surface area contributed by atoms with Crippen molar-refractivity contribution in [2.75, 3.05) is 18.5 Å². The number of benzene rings is 1. The Balaban J connectivity index is 2.29. The van der Waals surface area contributed by atoms with Crippen LogP contribution in [0.4, 0.5) is 5.82 Å². The van der Waals surface area contributed by atoms with Crippen molar-refractivity contribution in [3.05, 3.63) is 53.7 Å². The molecule has 0 fully saturated rings. The van der Waals surface area contributed by atoms with Gasteiger partial charge >= 0.3 is 0 Å². The molecule has 4 nitrogen and oxygen atoms in total. The van der Waals surface area contributed by atoms with Crippen molar-refractivity contribution in [2.24, 2.45) is 0 Å². The zero-order valence-electron chi connectivity index (χ0n) is 12.4. The maximum Gasteiger partial charge on any atom is 0.196 e. The molecule has 2 rings (SSSR count). The van der Waals surface area contributed by atoms with Crippen molar-refractivity contribution < 1.29 is 9.53 Å². The highest BCUT2D eigenvalue weighted by Crippen LogP contribution is 2.20. The number of aromatic nitrogens is 1. The molecule has 2 aromatic rings. The Bertz CT molecular complexity index is 611. The van der Waals surface area contributed by atoms with Crippen LogP contribution in [0.3, 0.4) is 0 Å². The Morgan fingerprint density at radius 2 is 2.10 bits per heavy atom. The van der Waals surface area contributed by atoms with E-state index in [0.29, 0.717) is 29.3 Å². The number of nitrogens with one attached hydrogen (secondary N) is 1. The van der Waals surface area contributed by atoms with Crippen LogP contribution in [0.5, 0.6) is 5.75 Å². The smallest absolute Gasteiger partial charge is 0.196 e. The molecule has 0 aliphatic rings. The lowest BCUT2D eigenvalue weighted by Crippen LogP contribution is -2.10. The van der Waals surface area contributed by atoms with E-state index in [0.717, 1.165) is 13.0 Å². The van der Waals surface area contributed by atoms with E-state index in [9.17, 15) is 4.79 Å². The van der Waals surface area contributed by atoms with Crippen LogP contribution in [-0.4, -0.2) is 23.9 Å². The molecule has 0 unspecified atom stereocenters. The molecule has 0 saturated heterocycles. The van der Waals surface area contributed by atoms with E-state index in [1.807, 2.05) is 19.1 Å². The summed E-state index contributed by atoms with van der Waals surface area (Å²) in [4.78, 5) is 16.9. The van der Waals surface area contributed by atoms with Gasteiger partial charge in [0.25, 0.3) is 0 Å². The molecule has 4 heteroatoms. The van der Waals surface area contributed by atoms with Gasteiger partial charge in [-0.2, -0.15) is 0 Å². The normalized spacial score (nSPS) is 10.2. The van der Waals surface area contributed by atoms with Crippen molar-refractivity contribution in [3.63, 3.8) is 0 Å². The predicted molar refractivity (Wildman–Crippen MR) is 84.1 cm³/mol. The zero-order valence-corrected chi connectivity index (χ0v) is 12.4. The summed E-state index contributed by atoms with van der Waals surface area (Å²) in [5.41, 5.74) is 1.19. The molecular weight excluding hydrogens is 264 g/mol. The number of rotatable bonds is 7. The Morgan fingerprint density at radius 1 is 1.24 bits per heavy atom. The summed E-state index contributed by atoms with van der Waals surface area (Å²) in [6, 6.07) is 10.8. The van der Waals surface area contributed by atoms with E-state index in [-0.39, 0.29) is 5.78 Å². The van der Waals surface area contributed by atoms with E-state index in [4.69, 9.17) is 4.74 Å². The first-order valence-corrected chi connectivity index (χ1v) is 7.22. The third-order valence-electron chi connectivity index (χ3n) is 3.00. The highest BCUT2D eigenvalue weighted by Gasteiger charge is 2.14. The fourth-order valence-electron chi connectivity index (χ4n) is 2.02. The Kier molecular flexibility index (Phi) is 5.32. The maximum absolute atomic E-state index is 12.7. The Labute approximate surface area is 125 Å². The van der Waals surface area contributed by atoms with Gasteiger partial charge < -0.3 is 10.1 Å². The number of ketones is 1. The number of carbonyl (C=O) groups is 1. The highest BCUT2D eigenvalue weighted by molar-refractivity contribution is 6.12. The molecule has 0 amide bonds. The molecule has 1 heterocycles. The number of hydrogen-bond acceptors (Lipinski definition) is 4. The summed E-state index contributed by atoms with van der Waals surface area (Å²) in [7, 11) is 0. The lowest BCUT2D eigenvalue weighted by molar-refractivity contribution is 0.103. The van der Waals surface area contributed by atoms with Crippen molar-refractivity contribution >= 4 is 11.6 Å². The van der Waals surface area contributed by atoms with Crippen molar-refractivity contribution in [2.45, 2.75) is 20.3 Å². The zero-order chi connectivity index (χ0) is 15.1. The van der Waals surface area contributed by atoms with Gasteiger partial charge in [-0.25, -0.2) is 4.98 Å². The van der Waals surface area contributed by atoms with Crippen molar-refractivity contribution in [1.29, 1.82) is 0 Å². The fraction of sp³-hybridized carbons (Fsp3) is 0.294. The molecule has 0 atom stereocenters. The van der Waals surface area contributed by atoms with Crippen molar-refractivity contribution in [1.82, 2.24) is 4.98 Å². The van der Waals surface area contributed by atoms with Crippen LogP contribution < -0.4 is 10.1 Å². The molecule has 0 bridgehead atoms. The lowest BCUT2D eigenvalue weighted by Gasteiger charge is -2.10. The van der Waals surface area contributed by atoms with Gasteiger partial charge in [0.05, 0.1) is 12.2 Å². The maximum atomic E-state index is 12.7. The molecule has 21 heavy (non-hydrogen) atoms. The molecule has 110 valence electrons. The molecule has 0 saturated carbocycles. The molecule has 0 aliphatic carbocycles. The molecule has 0 radical (unpaired) electrons. The average Bonchev–Trinajstić information content (AvgIpc) is 2.53. The molecule has 1 N–H and O–H groups in total. The van der Waals surface area contributed by atoms with Gasteiger partial charge in [0.1, 0.15) is 11.6 Å². The standard InChI is InChI=1S/C17H20N2O2/c1-3-10-18-17-15(9-6-11-19-17)16(20)13-7-5-8-14(12-13)21-4-2/h5-9,11-12H,3-4,10H2,1-2H3,(H,18,19). The van der Waals surface area contributed by atoms with Crippen LogP contribution in [0.1, 0.15) is 36.2 Å². The van der Waals surface area contributed by atoms with Gasteiger partial charge in [-0.15, -0.1) is 0 Å². The van der Waals surface area contributed by atoms with Crippen LogP contribution >= 0.6 is 0 Å². The third kappa shape index (κ3) is 3.81. The summed E-state index contributed by atoms with van der Waals surface area (Å²) < 4.78 is 5.44. The lowest BCUT2D eigenvalue weighted by atomic mass is 10.0. The van der Waals surface area contributed by atoms with Crippen LogP contribution in [0, 0.1) is 0 Å². The number of carbonyl (C=O) groups excluding carboxylic acids is 1. The van der Waals surface area contributed by atoms with E-state index < -0.39 is 0 Å². The Morgan fingerprint density at radius 3 is 2.86 bits per heavy atom. The number of pyridine rings is 1. The summed E-state index contributed by atoms with van der Waals surface area (Å²) >= 11 is 0.